The van der Waals surface area contributed by atoms with E-state index in [4.69, 9.17) is 9.47 Å². The zero-order valence-corrected chi connectivity index (χ0v) is 15.6. The molecule has 0 spiro atoms. The van der Waals surface area contributed by atoms with Gasteiger partial charge in [0.15, 0.2) is 5.96 Å². The molecule has 0 saturated carbocycles. The van der Waals surface area contributed by atoms with Crippen LogP contribution in [0.25, 0.3) is 0 Å². The molecule has 2 N–H and O–H groups in total. The van der Waals surface area contributed by atoms with Crippen LogP contribution in [0.5, 0.6) is 0 Å². The second kappa shape index (κ2) is 10.3. The third-order valence-electron chi connectivity index (χ3n) is 2.95. The zero-order valence-electron chi connectivity index (χ0n) is 12.4. The maximum Gasteiger partial charge on any atom is 0.191 e. The van der Waals surface area contributed by atoms with Crippen LogP contribution < -0.4 is 10.6 Å². The van der Waals surface area contributed by atoms with Crippen molar-refractivity contribution >= 4 is 41.3 Å². The van der Waals surface area contributed by atoms with Gasteiger partial charge in [-0.1, -0.05) is 0 Å². The molecule has 0 bridgehead atoms. The number of guanidine groups is 1. The Hall–Kier alpha value is -0.450. The molecule has 21 heavy (non-hydrogen) atoms. The van der Waals surface area contributed by atoms with Gasteiger partial charge in [0.25, 0.3) is 0 Å². The summed E-state index contributed by atoms with van der Waals surface area (Å²) in [6, 6.07) is 0. The molecule has 0 radical (unpaired) electrons. The van der Waals surface area contributed by atoms with E-state index in [1.54, 1.807) is 18.4 Å². The van der Waals surface area contributed by atoms with Crippen molar-refractivity contribution in [2.45, 2.75) is 19.4 Å². The van der Waals surface area contributed by atoms with Gasteiger partial charge in [-0.25, -0.2) is 4.98 Å². The standard InChI is InChI=1S/C13H22N4O2S.HI/c1-10-17-11(9-20-10)3-4-15-13(14-2)16-7-12-8-18-5-6-19-12;/h9,12H,3-8H2,1-2H3,(H2,14,15,16);1H. The van der Waals surface area contributed by atoms with Crippen LogP contribution in [0.15, 0.2) is 10.4 Å². The molecule has 0 aliphatic carbocycles. The molecule has 1 atom stereocenters. The van der Waals surface area contributed by atoms with Gasteiger partial charge in [0, 0.05) is 31.9 Å². The number of ether oxygens (including phenoxy) is 2. The van der Waals surface area contributed by atoms with Gasteiger partial charge in [-0.3, -0.25) is 4.99 Å². The molecule has 2 heterocycles. The Kier molecular flexibility index (Phi) is 9.13. The van der Waals surface area contributed by atoms with Crippen molar-refractivity contribution in [3.8, 4) is 0 Å². The number of halogens is 1. The lowest BCUT2D eigenvalue weighted by Crippen LogP contribution is -2.45. The molecule has 0 amide bonds. The van der Waals surface area contributed by atoms with Crippen molar-refractivity contribution < 1.29 is 9.47 Å². The van der Waals surface area contributed by atoms with Crippen LogP contribution in [0, 0.1) is 6.92 Å². The monoisotopic (exact) mass is 426 g/mol. The van der Waals surface area contributed by atoms with Crippen molar-refractivity contribution in [3.63, 3.8) is 0 Å². The third-order valence-corrected chi connectivity index (χ3v) is 3.77. The van der Waals surface area contributed by atoms with Crippen LogP contribution >= 0.6 is 35.3 Å². The molecular formula is C13H23IN4O2S. The Morgan fingerprint density at radius 2 is 2.33 bits per heavy atom. The molecule has 1 aromatic rings. The van der Waals surface area contributed by atoms with Crippen molar-refractivity contribution in [2.75, 3.05) is 40.0 Å². The lowest BCUT2D eigenvalue weighted by molar-refractivity contribution is -0.0850. The Labute approximate surface area is 146 Å². The van der Waals surface area contributed by atoms with E-state index in [-0.39, 0.29) is 30.1 Å². The van der Waals surface area contributed by atoms with E-state index in [9.17, 15) is 0 Å². The highest BCUT2D eigenvalue weighted by Crippen LogP contribution is 2.07. The van der Waals surface area contributed by atoms with Gasteiger partial charge in [-0.15, -0.1) is 35.3 Å². The molecule has 8 heteroatoms. The number of hydrogen-bond donors (Lipinski definition) is 2. The van der Waals surface area contributed by atoms with Crippen molar-refractivity contribution in [1.82, 2.24) is 15.6 Å². The topological polar surface area (TPSA) is 67.8 Å². The average molecular weight is 426 g/mol. The number of hydrogen-bond acceptors (Lipinski definition) is 5. The largest absolute Gasteiger partial charge is 0.376 e. The summed E-state index contributed by atoms with van der Waals surface area (Å²) < 4.78 is 10.9. The molecular weight excluding hydrogens is 403 g/mol. The summed E-state index contributed by atoms with van der Waals surface area (Å²) in [5.74, 6) is 0.783. The maximum atomic E-state index is 5.57. The summed E-state index contributed by atoms with van der Waals surface area (Å²) in [5.41, 5.74) is 1.12. The van der Waals surface area contributed by atoms with Crippen molar-refractivity contribution in [2.24, 2.45) is 4.99 Å². The number of aryl methyl sites for hydroxylation is 1. The van der Waals surface area contributed by atoms with Crippen LogP contribution in [0.2, 0.25) is 0 Å². The van der Waals surface area contributed by atoms with E-state index in [0.717, 1.165) is 29.6 Å². The van der Waals surface area contributed by atoms with E-state index in [0.29, 0.717) is 26.4 Å². The zero-order chi connectivity index (χ0) is 14.2. The van der Waals surface area contributed by atoms with Crippen LogP contribution in [0.1, 0.15) is 10.7 Å². The molecule has 6 nitrogen and oxygen atoms in total. The van der Waals surface area contributed by atoms with Gasteiger partial charge >= 0.3 is 0 Å². The SMILES string of the molecule is CN=C(NCCc1csc(C)n1)NCC1COCCO1.I. The molecule has 2 rings (SSSR count). The predicted molar refractivity (Wildman–Crippen MR) is 95.9 cm³/mol. The minimum absolute atomic E-state index is 0. The summed E-state index contributed by atoms with van der Waals surface area (Å²) in [6.07, 6.45) is 0.997. The summed E-state index contributed by atoms with van der Waals surface area (Å²) in [5, 5.41) is 9.73. The van der Waals surface area contributed by atoms with Gasteiger partial charge in [-0.05, 0) is 6.92 Å². The highest BCUT2D eigenvalue weighted by molar-refractivity contribution is 14.0. The normalized spacial score (nSPS) is 19.0. The van der Waals surface area contributed by atoms with E-state index in [1.165, 1.54) is 0 Å². The van der Waals surface area contributed by atoms with E-state index >= 15 is 0 Å². The van der Waals surface area contributed by atoms with Gasteiger partial charge in [0.1, 0.15) is 0 Å². The third kappa shape index (κ3) is 6.90. The Morgan fingerprint density at radius 3 is 2.95 bits per heavy atom. The smallest absolute Gasteiger partial charge is 0.191 e. The fraction of sp³-hybridized carbons (Fsp3) is 0.692. The van der Waals surface area contributed by atoms with E-state index in [2.05, 4.69) is 26.0 Å². The highest BCUT2D eigenvalue weighted by Gasteiger charge is 2.14. The van der Waals surface area contributed by atoms with Gasteiger partial charge < -0.3 is 20.1 Å². The predicted octanol–water partition coefficient (Wildman–Crippen LogP) is 1.19. The fourth-order valence-electron chi connectivity index (χ4n) is 1.92. The Balaban J connectivity index is 0.00000220. The molecule has 0 aromatic carbocycles. The second-order valence-corrected chi connectivity index (χ2v) is 5.62. The molecule has 1 aliphatic heterocycles. The molecule has 1 fully saturated rings. The average Bonchev–Trinajstić information content (AvgIpc) is 2.89. The summed E-state index contributed by atoms with van der Waals surface area (Å²) in [7, 11) is 1.76. The number of nitrogens with zero attached hydrogens (tertiary/aromatic N) is 2. The minimum atomic E-state index is 0. The lowest BCUT2D eigenvalue weighted by Gasteiger charge is -2.24. The molecule has 120 valence electrons. The lowest BCUT2D eigenvalue weighted by atomic mass is 10.3. The summed E-state index contributed by atoms with van der Waals surface area (Å²) in [6.45, 7) is 5.54. The number of aliphatic imine (C=N–C) groups is 1. The van der Waals surface area contributed by atoms with E-state index < -0.39 is 0 Å². The maximum absolute atomic E-state index is 5.57. The molecule has 1 aliphatic rings. The van der Waals surface area contributed by atoms with Crippen LogP contribution in [0.4, 0.5) is 0 Å². The van der Waals surface area contributed by atoms with Crippen molar-refractivity contribution in [3.05, 3.63) is 16.1 Å². The second-order valence-electron chi connectivity index (χ2n) is 4.56. The first-order valence-electron chi connectivity index (χ1n) is 6.83. The summed E-state index contributed by atoms with van der Waals surface area (Å²) in [4.78, 5) is 8.62. The highest BCUT2D eigenvalue weighted by atomic mass is 127. The Morgan fingerprint density at radius 1 is 1.48 bits per heavy atom. The quantitative estimate of drug-likeness (QED) is 0.421. The summed E-state index contributed by atoms with van der Waals surface area (Å²) >= 11 is 1.68. The van der Waals surface area contributed by atoms with Gasteiger partial charge in [0.2, 0.25) is 0 Å². The number of nitrogens with one attached hydrogen (secondary N) is 2. The molecule has 1 unspecified atom stereocenters. The first kappa shape index (κ1) is 18.6. The minimum Gasteiger partial charge on any atom is -0.376 e. The molecule has 1 saturated heterocycles. The Bertz CT molecular complexity index is 436. The fourth-order valence-corrected chi connectivity index (χ4v) is 2.56. The van der Waals surface area contributed by atoms with Crippen LogP contribution in [0.3, 0.4) is 0 Å². The van der Waals surface area contributed by atoms with Crippen LogP contribution in [-0.2, 0) is 15.9 Å². The van der Waals surface area contributed by atoms with Crippen LogP contribution in [-0.4, -0.2) is 57.0 Å². The van der Waals surface area contributed by atoms with Crippen molar-refractivity contribution in [1.29, 1.82) is 0 Å². The first-order chi connectivity index (χ1) is 9.78. The molecule has 1 aromatic heterocycles. The number of aromatic nitrogens is 1. The number of rotatable bonds is 5. The van der Waals surface area contributed by atoms with Gasteiger partial charge in [0.05, 0.1) is 36.6 Å². The first-order valence-corrected chi connectivity index (χ1v) is 7.71. The number of thiazole rings is 1. The van der Waals surface area contributed by atoms with E-state index in [1.807, 2.05) is 6.92 Å². The van der Waals surface area contributed by atoms with Gasteiger partial charge in [-0.2, -0.15) is 0 Å².